The Balaban J connectivity index is 2.78. The fourth-order valence-electron chi connectivity index (χ4n) is 1.46. The Kier molecular flexibility index (Phi) is 4.71. The van der Waals surface area contributed by atoms with Crippen LogP contribution in [0.3, 0.4) is 0 Å². The average Bonchev–Trinajstić information content (AvgIpc) is 2.35. The van der Waals surface area contributed by atoms with Gasteiger partial charge in [-0.3, -0.25) is 4.79 Å². The van der Waals surface area contributed by atoms with Gasteiger partial charge in [-0.15, -0.1) is 0 Å². The number of hydrogen-bond acceptors (Lipinski definition) is 4. The number of phenols is 1. The van der Waals surface area contributed by atoms with Crippen molar-refractivity contribution in [2.24, 2.45) is 5.92 Å². The van der Waals surface area contributed by atoms with Crippen LogP contribution in [0.5, 0.6) is 5.75 Å². The van der Waals surface area contributed by atoms with Crippen molar-refractivity contribution in [1.29, 1.82) is 0 Å². The molecule has 1 amide bonds. The number of esters is 1. The predicted octanol–water partition coefficient (Wildman–Crippen LogP) is 1.32. The van der Waals surface area contributed by atoms with Gasteiger partial charge in [0.05, 0.1) is 7.11 Å². The van der Waals surface area contributed by atoms with E-state index in [1.54, 1.807) is 0 Å². The maximum atomic E-state index is 11.9. The van der Waals surface area contributed by atoms with Crippen LogP contribution in [-0.2, 0) is 9.53 Å². The van der Waals surface area contributed by atoms with E-state index in [-0.39, 0.29) is 17.6 Å². The normalized spacial score (nSPS) is 12.0. The van der Waals surface area contributed by atoms with E-state index in [0.29, 0.717) is 5.56 Å². The van der Waals surface area contributed by atoms with Crippen LogP contribution in [-0.4, -0.2) is 30.1 Å². The first-order valence-corrected chi connectivity index (χ1v) is 5.63. The molecule has 0 fully saturated rings. The van der Waals surface area contributed by atoms with Gasteiger partial charge < -0.3 is 15.2 Å². The third-order valence-corrected chi connectivity index (χ3v) is 2.54. The number of ether oxygens (including phenoxy) is 1. The van der Waals surface area contributed by atoms with E-state index in [1.165, 1.54) is 31.4 Å². The SMILES string of the molecule is COC(=O)C(NC(=O)c1ccc(O)cc1)C(C)C. The standard InChI is InChI=1S/C13H17NO4/c1-8(2)11(13(17)18-3)14-12(16)9-4-6-10(15)7-5-9/h4-8,11,15H,1-3H3,(H,14,16). The smallest absolute Gasteiger partial charge is 0.328 e. The van der Waals surface area contributed by atoms with E-state index < -0.39 is 12.0 Å². The first-order chi connectivity index (χ1) is 8.45. The summed E-state index contributed by atoms with van der Waals surface area (Å²) in [5.41, 5.74) is 0.377. The summed E-state index contributed by atoms with van der Waals surface area (Å²) in [6.07, 6.45) is 0. The number of benzene rings is 1. The van der Waals surface area contributed by atoms with Gasteiger partial charge in [0.25, 0.3) is 5.91 Å². The second-order valence-corrected chi connectivity index (χ2v) is 4.27. The van der Waals surface area contributed by atoms with Crippen LogP contribution in [0.4, 0.5) is 0 Å². The molecule has 0 radical (unpaired) electrons. The molecule has 0 aliphatic rings. The van der Waals surface area contributed by atoms with Crippen molar-refractivity contribution >= 4 is 11.9 Å². The second-order valence-electron chi connectivity index (χ2n) is 4.27. The summed E-state index contributed by atoms with van der Waals surface area (Å²) in [5, 5.41) is 11.7. The summed E-state index contributed by atoms with van der Waals surface area (Å²) in [5.74, 6) is -0.838. The zero-order valence-electron chi connectivity index (χ0n) is 10.6. The third kappa shape index (κ3) is 3.48. The van der Waals surface area contributed by atoms with Crippen LogP contribution in [0.2, 0.25) is 0 Å². The molecule has 0 saturated heterocycles. The van der Waals surface area contributed by atoms with Gasteiger partial charge in [-0.1, -0.05) is 13.8 Å². The number of hydrogen-bond donors (Lipinski definition) is 2. The van der Waals surface area contributed by atoms with E-state index in [9.17, 15) is 9.59 Å². The molecular weight excluding hydrogens is 234 g/mol. The number of carbonyl (C=O) groups is 2. The van der Waals surface area contributed by atoms with Crippen molar-refractivity contribution in [2.45, 2.75) is 19.9 Å². The molecule has 5 heteroatoms. The average molecular weight is 251 g/mol. The van der Waals surface area contributed by atoms with E-state index in [2.05, 4.69) is 10.1 Å². The van der Waals surface area contributed by atoms with Crippen molar-refractivity contribution in [3.05, 3.63) is 29.8 Å². The number of rotatable bonds is 4. The summed E-state index contributed by atoms with van der Waals surface area (Å²) in [6, 6.07) is 5.12. The van der Waals surface area contributed by atoms with Crippen LogP contribution in [0.25, 0.3) is 0 Å². The van der Waals surface area contributed by atoms with E-state index in [4.69, 9.17) is 5.11 Å². The molecule has 0 bridgehead atoms. The molecule has 0 spiro atoms. The van der Waals surface area contributed by atoms with Gasteiger partial charge in [-0.25, -0.2) is 4.79 Å². The van der Waals surface area contributed by atoms with Crippen LogP contribution < -0.4 is 5.32 Å². The molecule has 1 rings (SSSR count). The fourth-order valence-corrected chi connectivity index (χ4v) is 1.46. The van der Waals surface area contributed by atoms with Crippen LogP contribution in [0, 0.1) is 5.92 Å². The number of phenolic OH excluding ortho intramolecular Hbond substituents is 1. The molecule has 1 aromatic carbocycles. The Morgan fingerprint density at radius 3 is 2.22 bits per heavy atom. The lowest BCUT2D eigenvalue weighted by Crippen LogP contribution is -2.45. The number of aromatic hydroxyl groups is 1. The van der Waals surface area contributed by atoms with Crippen molar-refractivity contribution in [2.75, 3.05) is 7.11 Å². The molecule has 1 unspecified atom stereocenters. The second kappa shape index (κ2) is 6.05. The molecule has 2 N–H and O–H groups in total. The van der Waals surface area contributed by atoms with Crippen molar-refractivity contribution < 1.29 is 19.4 Å². The zero-order valence-corrected chi connectivity index (χ0v) is 10.6. The molecular formula is C13H17NO4. The van der Waals surface area contributed by atoms with E-state index in [1.807, 2.05) is 13.8 Å². The Morgan fingerprint density at radius 2 is 1.78 bits per heavy atom. The number of methoxy groups -OCH3 is 1. The summed E-state index contributed by atoms with van der Waals surface area (Å²) in [4.78, 5) is 23.4. The van der Waals surface area contributed by atoms with Gasteiger partial charge in [0.2, 0.25) is 0 Å². The number of nitrogens with one attached hydrogen (secondary N) is 1. The molecule has 0 aromatic heterocycles. The summed E-state index contributed by atoms with van der Waals surface area (Å²) < 4.78 is 4.64. The van der Waals surface area contributed by atoms with Gasteiger partial charge in [0.1, 0.15) is 11.8 Å². The van der Waals surface area contributed by atoms with E-state index in [0.717, 1.165) is 0 Å². The molecule has 98 valence electrons. The number of amides is 1. The third-order valence-electron chi connectivity index (χ3n) is 2.54. The summed E-state index contributed by atoms with van der Waals surface area (Å²) >= 11 is 0. The lowest BCUT2D eigenvalue weighted by molar-refractivity contribution is -0.144. The highest BCUT2D eigenvalue weighted by atomic mass is 16.5. The highest BCUT2D eigenvalue weighted by molar-refractivity contribution is 5.96. The molecule has 1 atom stereocenters. The first kappa shape index (κ1) is 14.0. The predicted molar refractivity (Wildman–Crippen MR) is 66.2 cm³/mol. The monoisotopic (exact) mass is 251 g/mol. The fraction of sp³-hybridized carbons (Fsp3) is 0.385. The topological polar surface area (TPSA) is 75.6 Å². The van der Waals surface area contributed by atoms with Gasteiger partial charge in [-0.05, 0) is 30.2 Å². The van der Waals surface area contributed by atoms with Crippen LogP contribution >= 0.6 is 0 Å². The van der Waals surface area contributed by atoms with Crippen molar-refractivity contribution in [1.82, 2.24) is 5.32 Å². The minimum absolute atomic E-state index is 0.0708. The zero-order chi connectivity index (χ0) is 13.7. The van der Waals surface area contributed by atoms with E-state index >= 15 is 0 Å². The highest BCUT2D eigenvalue weighted by Crippen LogP contribution is 2.11. The van der Waals surface area contributed by atoms with Gasteiger partial charge in [0, 0.05) is 5.56 Å². The molecule has 5 nitrogen and oxygen atoms in total. The van der Waals surface area contributed by atoms with Gasteiger partial charge in [-0.2, -0.15) is 0 Å². The Labute approximate surface area is 106 Å². The summed E-state index contributed by atoms with van der Waals surface area (Å²) in [6.45, 7) is 3.64. The minimum Gasteiger partial charge on any atom is -0.508 e. The Hall–Kier alpha value is -2.04. The van der Waals surface area contributed by atoms with Crippen molar-refractivity contribution in [3.8, 4) is 5.75 Å². The molecule has 1 aromatic rings. The molecule has 0 aliphatic heterocycles. The Morgan fingerprint density at radius 1 is 1.22 bits per heavy atom. The largest absolute Gasteiger partial charge is 0.508 e. The quantitative estimate of drug-likeness (QED) is 0.791. The molecule has 0 heterocycles. The van der Waals surface area contributed by atoms with Crippen LogP contribution in [0.1, 0.15) is 24.2 Å². The van der Waals surface area contributed by atoms with Crippen molar-refractivity contribution in [3.63, 3.8) is 0 Å². The Bertz CT molecular complexity index is 425. The number of carbonyl (C=O) groups excluding carboxylic acids is 2. The lowest BCUT2D eigenvalue weighted by atomic mass is 10.0. The molecule has 0 saturated carbocycles. The molecule has 18 heavy (non-hydrogen) atoms. The van der Waals surface area contributed by atoms with Gasteiger partial charge >= 0.3 is 5.97 Å². The lowest BCUT2D eigenvalue weighted by Gasteiger charge is -2.19. The van der Waals surface area contributed by atoms with Gasteiger partial charge in [0.15, 0.2) is 0 Å². The van der Waals surface area contributed by atoms with Crippen LogP contribution in [0.15, 0.2) is 24.3 Å². The maximum absolute atomic E-state index is 11.9. The molecule has 0 aliphatic carbocycles. The summed E-state index contributed by atoms with van der Waals surface area (Å²) in [7, 11) is 1.28. The maximum Gasteiger partial charge on any atom is 0.328 e. The first-order valence-electron chi connectivity index (χ1n) is 5.63. The highest BCUT2D eigenvalue weighted by Gasteiger charge is 2.25. The minimum atomic E-state index is -0.684.